The first-order chi connectivity index (χ1) is 7.12. The van der Waals surface area contributed by atoms with E-state index < -0.39 is 5.60 Å². The molecule has 0 heterocycles. The Morgan fingerprint density at radius 2 is 2.33 bits per heavy atom. The lowest BCUT2D eigenvalue weighted by molar-refractivity contribution is -0.134. The minimum atomic E-state index is -0.652. The number of ether oxygens (including phenoxy) is 1. The first kappa shape index (κ1) is 11.8. The van der Waals surface area contributed by atoms with Crippen molar-refractivity contribution in [1.82, 2.24) is 0 Å². The van der Waals surface area contributed by atoms with Crippen LogP contribution in [0.1, 0.15) is 25.7 Å². The fraction of sp³-hybridized carbons (Fsp3) is 0.500. The summed E-state index contributed by atoms with van der Waals surface area (Å²) in [5.41, 5.74) is 2.97. The predicted molar refractivity (Wildman–Crippen MR) is 57.2 cm³/mol. The molecule has 1 N–H and O–H groups in total. The molecule has 15 heavy (non-hydrogen) atoms. The third-order valence-electron chi connectivity index (χ3n) is 2.51. The second-order valence-electron chi connectivity index (χ2n) is 3.65. The number of carbonyl (C=O) groups excluding carboxylic acids is 1. The van der Waals surface area contributed by atoms with Crippen LogP contribution in [0, 0.1) is 0 Å². The van der Waals surface area contributed by atoms with Gasteiger partial charge in [0, 0.05) is 11.6 Å². The molecule has 0 saturated heterocycles. The van der Waals surface area contributed by atoms with E-state index in [0.717, 1.165) is 18.4 Å². The molecule has 0 aromatic rings. The number of rotatable bonds is 5. The average Bonchev–Trinajstić information content (AvgIpc) is 2.97. The Bertz CT molecular complexity index is 318. The summed E-state index contributed by atoms with van der Waals surface area (Å²) in [4.78, 5) is 10.7. The molecule has 0 atom stereocenters. The van der Waals surface area contributed by atoms with Gasteiger partial charge in [0.05, 0.1) is 12.7 Å². The summed E-state index contributed by atoms with van der Waals surface area (Å²) in [7, 11) is 1.34. The molecule has 0 amide bonds. The lowest BCUT2D eigenvalue weighted by Gasteiger charge is -2.08. The number of esters is 1. The fourth-order valence-electron chi connectivity index (χ4n) is 1.38. The first-order valence-electron chi connectivity index (χ1n) is 4.98. The van der Waals surface area contributed by atoms with Crippen molar-refractivity contribution in [2.24, 2.45) is 0 Å². The second kappa shape index (κ2) is 4.96. The van der Waals surface area contributed by atoms with Gasteiger partial charge >= 0.3 is 5.97 Å². The zero-order valence-electron chi connectivity index (χ0n) is 8.95. The summed E-state index contributed by atoms with van der Waals surface area (Å²) in [6.07, 6.45) is 6.09. The van der Waals surface area contributed by atoms with E-state index in [1.54, 1.807) is 6.08 Å². The van der Waals surface area contributed by atoms with Gasteiger partial charge < -0.3 is 9.84 Å². The van der Waals surface area contributed by atoms with Gasteiger partial charge in [0.2, 0.25) is 0 Å². The highest BCUT2D eigenvalue weighted by molar-refractivity contribution is 5.81. The average molecular weight is 208 g/mol. The van der Waals surface area contributed by atoms with E-state index in [-0.39, 0.29) is 5.97 Å². The summed E-state index contributed by atoms with van der Waals surface area (Å²) in [5.74, 6) is -0.357. The molecule has 1 aliphatic rings. The molecule has 0 aromatic carbocycles. The molecular formula is C12H16O3. The smallest absolute Gasteiger partial charge is 0.330 e. The minimum absolute atomic E-state index is 0.357. The molecule has 82 valence electrons. The third-order valence-corrected chi connectivity index (χ3v) is 2.51. The van der Waals surface area contributed by atoms with Crippen LogP contribution in [0.25, 0.3) is 0 Å². The molecule has 0 aliphatic heterocycles. The van der Waals surface area contributed by atoms with E-state index in [1.807, 2.05) is 0 Å². The van der Waals surface area contributed by atoms with Crippen molar-refractivity contribution in [3.8, 4) is 0 Å². The van der Waals surface area contributed by atoms with Crippen molar-refractivity contribution in [3.63, 3.8) is 0 Å². The lowest BCUT2D eigenvalue weighted by Crippen LogP contribution is -2.09. The Labute approximate surface area is 89.7 Å². The van der Waals surface area contributed by atoms with E-state index in [2.05, 4.69) is 17.0 Å². The van der Waals surface area contributed by atoms with Crippen LogP contribution in [0.5, 0.6) is 0 Å². The maximum absolute atomic E-state index is 10.7. The van der Waals surface area contributed by atoms with Crippen LogP contribution in [0.15, 0.2) is 30.0 Å². The highest BCUT2D eigenvalue weighted by atomic mass is 16.5. The van der Waals surface area contributed by atoms with Gasteiger partial charge in [-0.3, -0.25) is 0 Å². The third kappa shape index (κ3) is 3.39. The molecule has 0 aromatic heterocycles. The van der Waals surface area contributed by atoms with Gasteiger partial charge in [-0.1, -0.05) is 12.7 Å². The normalized spacial score (nSPS) is 17.2. The van der Waals surface area contributed by atoms with Crippen LogP contribution >= 0.6 is 0 Å². The van der Waals surface area contributed by atoms with Crippen LogP contribution in [-0.2, 0) is 9.53 Å². The molecule has 0 spiro atoms. The Morgan fingerprint density at radius 1 is 1.67 bits per heavy atom. The van der Waals surface area contributed by atoms with Crippen molar-refractivity contribution >= 4 is 5.97 Å². The van der Waals surface area contributed by atoms with Gasteiger partial charge in [-0.15, -0.1) is 5.73 Å². The van der Waals surface area contributed by atoms with Gasteiger partial charge in [-0.05, 0) is 25.7 Å². The van der Waals surface area contributed by atoms with Gasteiger partial charge in [0.15, 0.2) is 0 Å². The SMILES string of the molecule is C=C=C(CC/C=C/C(=O)OC)C1(O)CC1. The highest BCUT2D eigenvalue weighted by Gasteiger charge is 2.43. The second-order valence-corrected chi connectivity index (χ2v) is 3.65. The van der Waals surface area contributed by atoms with Gasteiger partial charge in [-0.25, -0.2) is 4.79 Å². The van der Waals surface area contributed by atoms with E-state index in [9.17, 15) is 9.90 Å². The van der Waals surface area contributed by atoms with Gasteiger partial charge in [0.1, 0.15) is 0 Å². The molecule has 1 aliphatic carbocycles. The molecule has 1 rings (SSSR count). The maximum Gasteiger partial charge on any atom is 0.330 e. The van der Waals surface area contributed by atoms with Crippen LogP contribution in [0.2, 0.25) is 0 Å². The van der Waals surface area contributed by atoms with Crippen LogP contribution < -0.4 is 0 Å². The minimum Gasteiger partial charge on any atom is -0.466 e. The van der Waals surface area contributed by atoms with Crippen LogP contribution in [0.3, 0.4) is 0 Å². The Balaban J connectivity index is 2.34. The molecule has 0 radical (unpaired) electrons. The topological polar surface area (TPSA) is 46.5 Å². The van der Waals surface area contributed by atoms with E-state index in [4.69, 9.17) is 0 Å². The number of methoxy groups -OCH3 is 1. The van der Waals surface area contributed by atoms with Crippen molar-refractivity contribution in [2.75, 3.05) is 7.11 Å². The van der Waals surface area contributed by atoms with E-state index >= 15 is 0 Å². The molecule has 1 saturated carbocycles. The standard InChI is InChI=1S/C12H16O3/c1-3-10(12(14)8-9-12)6-4-5-7-11(13)15-2/h5,7,14H,1,4,6,8-9H2,2H3/b7-5+. The lowest BCUT2D eigenvalue weighted by atomic mass is 10.0. The predicted octanol–water partition coefficient (Wildman–Crippen LogP) is 1.73. The van der Waals surface area contributed by atoms with Gasteiger partial charge in [-0.2, -0.15) is 0 Å². The monoisotopic (exact) mass is 208 g/mol. The van der Waals surface area contributed by atoms with E-state index in [1.165, 1.54) is 13.2 Å². The zero-order chi connectivity index (χ0) is 11.3. The quantitative estimate of drug-likeness (QED) is 0.425. The van der Waals surface area contributed by atoms with Crippen molar-refractivity contribution < 1.29 is 14.6 Å². The van der Waals surface area contributed by atoms with Gasteiger partial charge in [0.25, 0.3) is 0 Å². The maximum atomic E-state index is 10.7. The Morgan fingerprint density at radius 3 is 2.80 bits per heavy atom. The number of carbonyl (C=O) groups is 1. The zero-order valence-corrected chi connectivity index (χ0v) is 8.95. The molecule has 3 nitrogen and oxygen atoms in total. The molecular weight excluding hydrogens is 192 g/mol. The van der Waals surface area contributed by atoms with Crippen molar-refractivity contribution in [3.05, 3.63) is 30.0 Å². The summed E-state index contributed by atoms with van der Waals surface area (Å²) in [6.45, 7) is 3.56. The van der Waals surface area contributed by atoms with Crippen molar-refractivity contribution in [1.29, 1.82) is 0 Å². The van der Waals surface area contributed by atoms with Crippen LogP contribution in [0.4, 0.5) is 0 Å². The number of hydrogen-bond acceptors (Lipinski definition) is 3. The number of hydrogen-bond donors (Lipinski definition) is 1. The van der Waals surface area contributed by atoms with Crippen LogP contribution in [-0.4, -0.2) is 23.8 Å². The summed E-state index contributed by atoms with van der Waals surface area (Å²) >= 11 is 0. The molecule has 1 fully saturated rings. The highest BCUT2D eigenvalue weighted by Crippen LogP contribution is 2.43. The molecule has 0 bridgehead atoms. The number of aliphatic hydroxyl groups is 1. The summed E-state index contributed by atoms with van der Waals surface area (Å²) < 4.78 is 4.45. The molecule has 0 unspecified atom stereocenters. The van der Waals surface area contributed by atoms with Crippen molar-refractivity contribution in [2.45, 2.75) is 31.3 Å². The summed E-state index contributed by atoms with van der Waals surface area (Å²) in [6, 6.07) is 0. The Kier molecular flexibility index (Phi) is 3.89. The largest absolute Gasteiger partial charge is 0.466 e. The Hall–Kier alpha value is -1.31. The number of allylic oxidation sites excluding steroid dienone is 1. The van der Waals surface area contributed by atoms with E-state index in [0.29, 0.717) is 12.8 Å². The fourth-order valence-corrected chi connectivity index (χ4v) is 1.38. The molecule has 3 heteroatoms. The first-order valence-corrected chi connectivity index (χ1v) is 4.98. The summed E-state index contributed by atoms with van der Waals surface area (Å²) in [5, 5.41) is 9.79.